The van der Waals surface area contributed by atoms with Gasteiger partial charge in [-0.2, -0.15) is 5.26 Å². The van der Waals surface area contributed by atoms with Crippen LogP contribution in [0.3, 0.4) is 0 Å². The molecule has 10 heavy (non-hydrogen) atoms. The highest BCUT2D eigenvalue weighted by atomic mass is 15.0. The first-order chi connectivity index (χ1) is 4.86. The number of hydrogen-bond donors (Lipinski definition) is 1. The molecule has 0 aliphatic heterocycles. The summed E-state index contributed by atoms with van der Waals surface area (Å²) in [6.45, 7) is 0. The van der Waals surface area contributed by atoms with Gasteiger partial charge in [-0.1, -0.05) is 0 Å². The molecule has 0 aliphatic carbocycles. The number of hydrogen-bond acceptors (Lipinski definition) is 4. The van der Waals surface area contributed by atoms with Crippen molar-refractivity contribution < 1.29 is 0 Å². The Bertz CT molecular complexity index is 263. The van der Waals surface area contributed by atoms with E-state index in [0.29, 0.717) is 11.5 Å². The molecule has 0 aromatic carbocycles. The van der Waals surface area contributed by atoms with Crippen LogP contribution in [-0.4, -0.2) is 17.0 Å². The number of nitrogens with zero attached hydrogens (tertiary/aromatic N) is 3. The van der Waals surface area contributed by atoms with Gasteiger partial charge in [0, 0.05) is 7.05 Å². The molecule has 4 nitrogen and oxygen atoms in total. The van der Waals surface area contributed by atoms with E-state index in [0.717, 1.165) is 0 Å². The van der Waals surface area contributed by atoms with Crippen LogP contribution in [0, 0.1) is 11.3 Å². The third-order valence-corrected chi connectivity index (χ3v) is 1.01. The van der Waals surface area contributed by atoms with Crippen LogP contribution in [-0.2, 0) is 0 Å². The number of aromatic nitrogens is 2. The zero-order chi connectivity index (χ0) is 7.40. The van der Waals surface area contributed by atoms with Crippen LogP contribution in [0.4, 0.5) is 5.82 Å². The molecule has 0 aliphatic rings. The maximum absolute atomic E-state index is 8.38. The lowest BCUT2D eigenvalue weighted by molar-refractivity contribution is 1.15. The van der Waals surface area contributed by atoms with E-state index in [9.17, 15) is 0 Å². The Kier molecular flexibility index (Phi) is 1.80. The monoisotopic (exact) mass is 134 g/mol. The minimum atomic E-state index is 0.326. The third kappa shape index (κ3) is 1.20. The molecule has 0 fully saturated rings. The molecule has 0 spiro atoms. The van der Waals surface area contributed by atoms with Gasteiger partial charge in [-0.05, 0) is 0 Å². The predicted octanol–water partition coefficient (Wildman–Crippen LogP) is 0.390. The quantitative estimate of drug-likeness (QED) is 0.603. The molecular weight excluding hydrogens is 128 g/mol. The fourth-order valence-electron chi connectivity index (χ4n) is 0.540. The van der Waals surface area contributed by atoms with Crippen molar-refractivity contribution in [2.45, 2.75) is 0 Å². The van der Waals surface area contributed by atoms with Crippen LogP contribution in [0.2, 0.25) is 0 Å². The van der Waals surface area contributed by atoms with E-state index >= 15 is 0 Å². The fourth-order valence-corrected chi connectivity index (χ4v) is 0.540. The lowest BCUT2D eigenvalue weighted by Crippen LogP contribution is -1.94. The van der Waals surface area contributed by atoms with Crippen LogP contribution in [0.5, 0.6) is 0 Å². The minimum absolute atomic E-state index is 0.326. The second kappa shape index (κ2) is 2.78. The van der Waals surface area contributed by atoms with Crippen LogP contribution >= 0.6 is 0 Å². The van der Waals surface area contributed by atoms with E-state index in [1.165, 1.54) is 6.20 Å². The summed E-state index contributed by atoms with van der Waals surface area (Å²) in [5.74, 6) is 0.610. The van der Waals surface area contributed by atoms with Crippen molar-refractivity contribution in [2.75, 3.05) is 12.4 Å². The summed E-state index contributed by atoms with van der Waals surface area (Å²) < 4.78 is 0. The Morgan fingerprint density at radius 2 is 2.40 bits per heavy atom. The van der Waals surface area contributed by atoms with Crippen molar-refractivity contribution in [1.29, 1.82) is 5.26 Å². The summed E-state index contributed by atoms with van der Waals surface area (Å²) in [6.07, 6.45) is 2.97. The van der Waals surface area contributed by atoms with Gasteiger partial charge in [0.2, 0.25) is 0 Å². The first kappa shape index (κ1) is 6.49. The highest BCUT2D eigenvalue weighted by molar-refractivity contribution is 5.33. The maximum Gasteiger partial charge on any atom is 0.161 e. The van der Waals surface area contributed by atoms with Crippen molar-refractivity contribution in [1.82, 2.24) is 9.97 Å². The van der Waals surface area contributed by atoms with Gasteiger partial charge in [0.1, 0.15) is 11.9 Å². The largest absolute Gasteiger partial charge is 0.372 e. The summed E-state index contributed by atoms with van der Waals surface area (Å²) in [6, 6.07) is 1.89. The Hall–Kier alpha value is -1.63. The standard InChI is InChI=1S/C6H6N4/c1-8-6-4-9-3-5(2-7)10-6/h3-4H,1H3,(H,8,10). The lowest BCUT2D eigenvalue weighted by Gasteiger charge is -1.94. The van der Waals surface area contributed by atoms with E-state index in [4.69, 9.17) is 5.26 Å². The smallest absolute Gasteiger partial charge is 0.161 e. The summed E-state index contributed by atoms with van der Waals surface area (Å²) in [5, 5.41) is 11.2. The molecule has 0 bridgehead atoms. The van der Waals surface area contributed by atoms with E-state index in [-0.39, 0.29) is 0 Å². The summed E-state index contributed by atoms with van der Waals surface area (Å²) in [7, 11) is 1.73. The number of anilines is 1. The Morgan fingerprint density at radius 1 is 1.60 bits per heavy atom. The molecule has 0 unspecified atom stereocenters. The lowest BCUT2D eigenvalue weighted by atomic mass is 10.5. The van der Waals surface area contributed by atoms with Crippen LogP contribution in [0.15, 0.2) is 12.4 Å². The molecule has 0 saturated heterocycles. The van der Waals surface area contributed by atoms with E-state index < -0.39 is 0 Å². The maximum atomic E-state index is 8.38. The van der Waals surface area contributed by atoms with Crippen molar-refractivity contribution in [3.8, 4) is 6.07 Å². The van der Waals surface area contributed by atoms with Gasteiger partial charge in [-0.3, -0.25) is 4.98 Å². The molecule has 1 aromatic rings. The predicted molar refractivity (Wildman–Crippen MR) is 36.3 cm³/mol. The minimum Gasteiger partial charge on any atom is -0.372 e. The molecule has 1 heterocycles. The highest BCUT2D eigenvalue weighted by Gasteiger charge is 1.92. The van der Waals surface area contributed by atoms with Gasteiger partial charge in [0.25, 0.3) is 0 Å². The molecule has 50 valence electrons. The van der Waals surface area contributed by atoms with Gasteiger partial charge in [0.15, 0.2) is 5.69 Å². The zero-order valence-electron chi connectivity index (χ0n) is 5.50. The number of nitrogens with one attached hydrogen (secondary N) is 1. The summed E-state index contributed by atoms with van der Waals surface area (Å²) >= 11 is 0. The molecule has 1 rings (SSSR count). The van der Waals surface area contributed by atoms with Crippen LogP contribution in [0.1, 0.15) is 5.69 Å². The Morgan fingerprint density at radius 3 is 3.00 bits per heavy atom. The first-order valence-corrected chi connectivity index (χ1v) is 2.76. The van der Waals surface area contributed by atoms with Crippen molar-refractivity contribution in [3.63, 3.8) is 0 Å². The molecule has 1 aromatic heterocycles. The summed E-state index contributed by atoms with van der Waals surface area (Å²) in [4.78, 5) is 7.65. The Balaban J connectivity index is 3.01. The molecular formula is C6H6N4. The first-order valence-electron chi connectivity index (χ1n) is 2.76. The average molecular weight is 134 g/mol. The van der Waals surface area contributed by atoms with E-state index in [2.05, 4.69) is 15.3 Å². The van der Waals surface area contributed by atoms with Crippen LogP contribution in [0.25, 0.3) is 0 Å². The molecule has 4 heteroatoms. The molecule has 1 N–H and O–H groups in total. The van der Waals surface area contributed by atoms with Crippen molar-refractivity contribution in [3.05, 3.63) is 18.1 Å². The highest BCUT2D eigenvalue weighted by Crippen LogP contribution is 1.97. The van der Waals surface area contributed by atoms with Crippen LogP contribution < -0.4 is 5.32 Å². The molecule has 0 atom stereocenters. The van der Waals surface area contributed by atoms with Crippen molar-refractivity contribution >= 4 is 5.82 Å². The normalized spacial score (nSPS) is 8.40. The summed E-state index contributed by atoms with van der Waals surface area (Å²) in [5.41, 5.74) is 0.326. The zero-order valence-corrected chi connectivity index (χ0v) is 5.50. The van der Waals surface area contributed by atoms with E-state index in [1.54, 1.807) is 13.2 Å². The topological polar surface area (TPSA) is 61.6 Å². The van der Waals surface area contributed by atoms with Gasteiger partial charge >= 0.3 is 0 Å². The SMILES string of the molecule is CNc1cncc(C#N)n1. The van der Waals surface area contributed by atoms with Gasteiger partial charge < -0.3 is 5.32 Å². The van der Waals surface area contributed by atoms with Gasteiger partial charge in [-0.25, -0.2) is 4.98 Å². The Labute approximate surface area is 58.5 Å². The number of rotatable bonds is 1. The average Bonchev–Trinajstić information content (AvgIpc) is 2.05. The van der Waals surface area contributed by atoms with Gasteiger partial charge in [0.05, 0.1) is 12.4 Å². The second-order valence-corrected chi connectivity index (χ2v) is 1.65. The molecule has 0 saturated carbocycles. The molecule has 0 amide bonds. The second-order valence-electron chi connectivity index (χ2n) is 1.65. The fraction of sp³-hybridized carbons (Fsp3) is 0.167. The third-order valence-electron chi connectivity index (χ3n) is 1.01. The van der Waals surface area contributed by atoms with Crippen molar-refractivity contribution in [2.24, 2.45) is 0 Å². The van der Waals surface area contributed by atoms with Gasteiger partial charge in [-0.15, -0.1) is 0 Å². The molecule has 0 radical (unpaired) electrons. The number of nitriles is 1. The van der Waals surface area contributed by atoms with E-state index in [1.807, 2.05) is 6.07 Å².